The average molecular weight is 385 g/mol. The van der Waals surface area contributed by atoms with Gasteiger partial charge >= 0.3 is 0 Å². The molecule has 0 fully saturated rings. The van der Waals surface area contributed by atoms with Gasteiger partial charge in [-0.2, -0.15) is 0 Å². The van der Waals surface area contributed by atoms with E-state index in [9.17, 15) is 4.79 Å². The van der Waals surface area contributed by atoms with E-state index in [-0.39, 0.29) is 5.91 Å². The van der Waals surface area contributed by atoms with E-state index in [1.807, 2.05) is 41.5 Å². The molecule has 2 rings (SSSR count). The summed E-state index contributed by atoms with van der Waals surface area (Å²) in [5, 5.41) is 1.94. The number of nitrogens with zero attached hydrogens (tertiary/aromatic N) is 1. The molecular weight excluding hydrogens is 369 g/mol. The topological polar surface area (TPSA) is 20.3 Å². The number of carbonyl (C=O) groups excluding carboxylic acids is 1. The first-order valence-electron chi connectivity index (χ1n) is 6.28. The third kappa shape index (κ3) is 4.04. The van der Waals surface area contributed by atoms with E-state index in [2.05, 4.69) is 34.7 Å². The molecule has 0 aliphatic heterocycles. The van der Waals surface area contributed by atoms with Gasteiger partial charge < -0.3 is 4.90 Å². The number of likely N-dealkylation sites (N-methyl/N-ethyl adjacent to an activating group) is 1. The number of halogens is 1. The number of amides is 1. The predicted octanol–water partition coefficient (Wildman–Crippen LogP) is 4.06. The summed E-state index contributed by atoms with van der Waals surface area (Å²) in [5.74, 6) is 0.137. The molecule has 2 aromatic rings. The highest BCUT2D eigenvalue weighted by molar-refractivity contribution is 14.1. The van der Waals surface area contributed by atoms with Crippen molar-refractivity contribution in [1.29, 1.82) is 0 Å². The van der Waals surface area contributed by atoms with Gasteiger partial charge in [0.25, 0.3) is 5.91 Å². The van der Waals surface area contributed by atoms with Crippen molar-refractivity contribution in [1.82, 2.24) is 4.90 Å². The van der Waals surface area contributed by atoms with Crippen LogP contribution in [0.25, 0.3) is 0 Å². The molecule has 0 radical (unpaired) electrons. The first kappa shape index (κ1) is 14.5. The zero-order valence-electron chi connectivity index (χ0n) is 10.8. The number of hydrogen-bond acceptors (Lipinski definition) is 2. The highest BCUT2D eigenvalue weighted by Crippen LogP contribution is 2.18. The lowest BCUT2D eigenvalue weighted by molar-refractivity contribution is 0.0766. The second-order valence-corrected chi connectivity index (χ2v) is 7.07. The van der Waals surface area contributed by atoms with E-state index in [0.29, 0.717) is 0 Å². The van der Waals surface area contributed by atoms with Crippen LogP contribution in [0, 0.1) is 2.88 Å². The molecule has 0 N–H and O–H groups in total. The number of carbonyl (C=O) groups is 1. The van der Waals surface area contributed by atoms with Crippen LogP contribution in [0.5, 0.6) is 0 Å². The maximum atomic E-state index is 12.3. The fourth-order valence-corrected chi connectivity index (χ4v) is 3.24. The Balaban J connectivity index is 1.98. The van der Waals surface area contributed by atoms with Gasteiger partial charge in [0.1, 0.15) is 0 Å². The summed E-state index contributed by atoms with van der Waals surface area (Å²) in [6.45, 7) is 3.55. The standard InChI is InChI=1S/C15H16INOS/c1-2-17(9-8-12-6-4-3-5-7-12)15(18)13-10-14(16)19-11-13/h3-7,10-11H,2,8-9H2,1H3. The van der Waals surface area contributed by atoms with Crippen LogP contribution in [0.4, 0.5) is 0 Å². The van der Waals surface area contributed by atoms with Gasteiger partial charge in [0.05, 0.1) is 8.45 Å². The zero-order valence-corrected chi connectivity index (χ0v) is 13.8. The molecule has 2 nitrogen and oxygen atoms in total. The molecule has 1 aromatic carbocycles. The Morgan fingerprint density at radius 3 is 2.63 bits per heavy atom. The fraction of sp³-hybridized carbons (Fsp3) is 0.267. The molecule has 1 amide bonds. The monoisotopic (exact) mass is 385 g/mol. The molecule has 0 aliphatic carbocycles. The van der Waals surface area contributed by atoms with Crippen molar-refractivity contribution in [2.45, 2.75) is 13.3 Å². The predicted molar refractivity (Wildman–Crippen MR) is 88.8 cm³/mol. The number of rotatable bonds is 5. The fourth-order valence-electron chi connectivity index (χ4n) is 1.92. The van der Waals surface area contributed by atoms with Gasteiger partial charge in [-0.1, -0.05) is 30.3 Å². The summed E-state index contributed by atoms with van der Waals surface area (Å²) in [4.78, 5) is 14.2. The molecule has 4 heteroatoms. The number of benzene rings is 1. The van der Waals surface area contributed by atoms with Crippen LogP contribution < -0.4 is 0 Å². The van der Waals surface area contributed by atoms with E-state index < -0.39 is 0 Å². The van der Waals surface area contributed by atoms with Gasteiger partial charge in [-0.15, -0.1) is 11.3 Å². The zero-order chi connectivity index (χ0) is 13.7. The summed E-state index contributed by atoms with van der Waals surface area (Å²) < 4.78 is 1.15. The molecule has 0 saturated heterocycles. The van der Waals surface area contributed by atoms with E-state index in [1.54, 1.807) is 11.3 Å². The molecule has 1 heterocycles. The molecule has 0 spiro atoms. The van der Waals surface area contributed by atoms with Crippen molar-refractivity contribution >= 4 is 39.8 Å². The molecule has 0 unspecified atom stereocenters. The van der Waals surface area contributed by atoms with Crippen LogP contribution in [-0.2, 0) is 6.42 Å². The van der Waals surface area contributed by atoms with Crippen LogP contribution in [0.3, 0.4) is 0 Å². The van der Waals surface area contributed by atoms with E-state index >= 15 is 0 Å². The molecule has 0 saturated carbocycles. The summed E-state index contributed by atoms with van der Waals surface area (Å²) in [6, 6.07) is 12.2. The molecule has 100 valence electrons. The third-order valence-electron chi connectivity index (χ3n) is 3.00. The Morgan fingerprint density at radius 1 is 1.32 bits per heavy atom. The molecule has 0 bridgehead atoms. The van der Waals surface area contributed by atoms with E-state index in [1.165, 1.54) is 5.56 Å². The van der Waals surface area contributed by atoms with Crippen LogP contribution in [0.2, 0.25) is 0 Å². The van der Waals surface area contributed by atoms with Gasteiger partial charge in [-0.25, -0.2) is 0 Å². The van der Waals surface area contributed by atoms with Crippen LogP contribution in [0.1, 0.15) is 22.8 Å². The van der Waals surface area contributed by atoms with Gasteiger partial charge in [0, 0.05) is 18.5 Å². The second kappa shape index (κ2) is 7.05. The lowest BCUT2D eigenvalue weighted by Crippen LogP contribution is -2.32. The molecule has 1 aromatic heterocycles. The minimum atomic E-state index is 0.137. The van der Waals surface area contributed by atoms with Crippen LogP contribution >= 0.6 is 33.9 Å². The van der Waals surface area contributed by atoms with Gasteiger partial charge in [-0.3, -0.25) is 4.79 Å². The number of thiophene rings is 1. The summed E-state index contributed by atoms with van der Waals surface area (Å²) >= 11 is 3.86. The lowest BCUT2D eigenvalue weighted by atomic mass is 10.1. The Hall–Kier alpha value is -0.880. The van der Waals surface area contributed by atoms with Gasteiger partial charge in [0.2, 0.25) is 0 Å². The Morgan fingerprint density at radius 2 is 2.05 bits per heavy atom. The van der Waals surface area contributed by atoms with Crippen molar-refractivity contribution in [2.75, 3.05) is 13.1 Å². The smallest absolute Gasteiger partial charge is 0.254 e. The van der Waals surface area contributed by atoms with Crippen LogP contribution in [-0.4, -0.2) is 23.9 Å². The largest absolute Gasteiger partial charge is 0.339 e. The molecule has 19 heavy (non-hydrogen) atoms. The van der Waals surface area contributed by atoms with Crippen molar-refractivity contribution in [3.8, 4) is 0 Å². The third-order valence-corrected chi connectivity index (χ3v) is 4.79. The lowest BCUT2D eigenvalue weighted by Gasteiger charge is -2.20. The summed E-state index contributed by atoms with van der Waals surface area (Å²) in [7, 11) is 0. The van der Waals surface area contributed by atoms with Gasteiger partial charge in [-0.05, 0) is 47.6 Å². The highest BCUT2D eigenvalue weighted by Gasteiger charge is 2.15. The maximum absolute atomic E-state index is 12.3. The summed E-state index contributed by atoms with van der Waals surface area (Å²) in [5.41, 5.74) is 2.08. The normalized spacial score (nSPS) is 10.4. The van der Waals surface area contributed by atoms with E-state index in [0.717, 1.165) is 28.0 Å². The Labute approximate surface area is 131 Å². The minimum absolute atomic E-state index is 0.137. The van der Waals surface area contributed by atoms with Gasteiger partial charge in [0.15, 0.2) is 0 Å². The van der Waals surface area contributed by atoms with E-state index in [4.69, 9.17) is 0 Å². The molecule has 0 atom stereocenters. The maximum Gasteiger partial charge on any atom is 0.254 e. The van der Waals surface area contributed by atoms with Crippen LogP contribution in [0.15, 0.2) is 41.8 Å². The second-order valence-electron chi connectivity index (χ2n) is 4.26. The minimum Gasteiger partial charge on any atom is -0.339 e. The quantitative estimate of drug-likeness (QED) is 0.711. The Kier molecular flexibility index (Phi) is 5.39. The molecular formula is C15H16INOS. The van der Waals surface area contributed by atoms with Crippen molar-refractivity contribution < 1.29 is 4.79 Å². The van der Waals surface area contributed by atoms with Crippen molar-refractivity contribution in [3.63, 3.8) is 0 Å². The first-order chi connectivity index (χ1) is 9.20. The first-order valence-corrected chi connectivity index (χ1v) is 8.23. The summed E-state index contributed by atoms with van der Waals surface area (Å²) in [6.07, 6.45) is 0.904. The average Bonchev–Trinajstić information content (AvgIpc) is 2.87. The van der Waals surface area contributed by atoms with Crippen molar-refractivity contribution in [2.24, 2.45) is 0 Å². The Bertz CT molecular complexity index is 538. The molecule has 0 aliphatic rings. The highest BCUT2D eigenvalue weighted by atomic mass is 127. The van der Waals surface area contributed by atoms with Crippen molar-refractivity contribution in [3.05, 3.63) is 55.8 Å². The number of hydrogen-bond donors (Lipinski definition) is 0. The SMILES string of the molecule is CCN(CCc1ccccc1)C(=O)c1csc(I)c1.